The van der Waals surface area contributed by atoms with Crippen molar-refractivity contribution in [1.29, 1.82) is 0 Å². The molecule has 0 spiro atoms. The molecule has 0 saturated carbocycles. The Bertz CT molecular complexity index is 462. The topological polar surface area (TPSA) is 26.3 Å². The number of fused-ring (bicyclic) bond motifs is 1. The van der Waals surface area contributed by atoms with E-state index in [9.17, 15) is 4.79 Å². The van der Waals surface area contributed by atoms with Crippen LogP contribution in [-0.4, -0.2) is 12.9 Å². The van der Waals surface area contributed by atoms with Crippen LogP contribution >= 0.6 is 0 Å². The van der Waals surface area contributed by atoms with Crippen LogP contribution in [-0.2, 0) is 17.6 Å². The number of allylic oxidation sites excluding steroid dienone is 1. The Morgan fingerprint density at radius 1 is 1.47 bits per heavy atom. The van der Waals surface area contributed by atoms with Crippen molar-refractivity contribution in [3.05, 3.63) is 42.0 Å². The van der Waals surface area contributed by atoms with Gasteiger partial charge in [-0.1, -0.05) is 12.1 Å². The summed E-state index contributed by atoms with van der Waals surface area (Å²) in [6.07, 6.45) is 7.19. The van der Waals surface area contributed by atoms with Crippen molar-refractivity contribution in [2.45, 2.75) is 38.5 Å². The molecule has 0 bridgehead atoms. The molecule has 19 heavy (non-hydrogen) atoms. The maximum atomic E-state index is 11.8. The standard InChI is InChI=1S/C17H22O2/c1-3-4-5-16(18)11-13-6-7-14-8-9-17(19-2)12-15(14)10-13/h3,8-9,12-13H,1,4-7,10-11H2,2H3/t13-/m0/s1. The summed E-state index contributed by atoms with van der Waals surface area (Å²) in [5.74, 6) is 1.78. The van der Waals surface area contributed by atoms with Crippen molar-refractivity contribution in [1.82, 2.24) is 0 Å². The van der Waals surface area contributed by atoms with Gasteiger partial charge in [0.05, 0.1) is 7.11 Å². The highest BCUT2D eigenvalue weighted by Gasteiger charge is 2.21. The number of hydrogen-bond donors (Lipinski definition) is 0. The summed E-state index contributed by atoms with van der Waals surface area (Å²) < 4.78 is 5.27. The maximum Gasteiger partial charge on any atom is 0.133 e. The average Bonchev–Trinajstić information content (AvgIpc) is 2.44. The number of aryl methyl sites for hydroxylation is 1. The first-order valence-corrected chi connectivity index (χ1v) is 7.01. The minimum atomic E-state index is 0.372. The van der Waals surface area contributed by atoms with E-state index in [2.05, 4.69) is 18.7 Å². The molecule has 0 amide bonds. The number of methoxy groups -OCH3 is 1. The summed E-state index contributed by atoms with van der Waals surface area (Å²) in [7, 11) is 1.70. The van der Waals surface area contributed by atoms with Crippen LogP contribution in [0.1, 0.15) is 36.8 Å². The van der Waals surface area contributed by atoms with Gasteiger partial charge in [-0.3, -0.25) is 4.79 Å². The second kappa shape index (κ2) is 6.55. The molecule has 0 radical (unpaired) electrons. The van der Waals surface area contributed by atoms with Crippen LogP contribution in [0.15, 0.2) is 30.9 Å². The molecule has 0 aliphatic heterocycles. The van der Waals surface area contributed by atoms with Crippen LogP contribution in [0.2, 0.25) is 0 Å². The van der Waals surface area contributed by atoms with Gasteiger partial charge in [0.1, 0.15) is 11.5 Å². The maximum absolute atomic E-state index is 11.8. The molecule has 102 valence electrons. The van der Waals surface area contributed by atoms with Gasteiger partial charge < -0.3 is 4.74 Å². The Kier molecular flexibility index (Phi) is 4.78. The SMILES string of the molecule is C=CCCC(=O)C[C@H]1CCc2ccc(OC)cc2C1. The Labute approximate surface area is 115 Å². The van der Waals surface area contributed by atoms with E-state index in [1.807, 2.05) is 12.1 Å². The lowest BCUT2D eigenvalue weighted by Gasteiger charge is -2.24. The minimum Gasteiger partial charge on any atom is -0.497 e. The van der Waals surface area contributed by atoms with Crippen molar-refractivity contribution in [3.63, 3.8) is 0 Å². The van der Waals surface area contributed by atoms with Crippen LogP contribution in [0.25, 0.3) is 0 Å². The number of Topliss-reactive ketones (excluding diaryl/α,β-unsaturated/α-hetero) is 1. The number of rotatable bonds is 6. The van der Waals surface area contributed by atoms with Gasteiger partial charge in [0, 0.05) is 12.8 Å². The van der Waals surface area contributed by atoms with Gasteiger partial charge >= 0.3 is 0 Å². The zero-order valence-electron chi connectivity index (χ0n) is 11.7. The smallest absolute Gasteiger partial charge is 0.133 e. The molecule has 1 atom stereocenters. The Morgan fingerprint density at radius 2 is 2.32 bits per heavy atom. The monoisotopic (exact) mass is 258 g/mol. The molecule has 2 nitrogen and oxygen atoms in total. The first kappa shape index (κ1) is 13.9. The summed E-state index contributed by atoms with van der Waals surface area (Å²) in [5, 5.41) is 0. The van der Waals surface area contributed by atoms with Gasteiger partial charge in [-0.2, -0.15) is 0 Å². The molecular weight excluding hydrogens is 236 g/mol. The largest absolute Gasteiger partial charge is 0.497 e. The predicted molar refractivity (Wildman–Crippen MR) is 77.6 cm³/mol. The van der Waals surface area contributed by atoms with Gasteiger partial charge in [0.15, 0.2) is 0 Å². The van der Waals surface area contributed by atoms with Gasteiger partial charge in [-0.05, 0) is 54.9 Å². The van der Waals surface area contributed by atoms with Gasteiger partial charge in [0.2, 0.25) is 0 Å². The lowest BCUT2D eigenvalue weighted by Crippen LogP contribution is -2.17. The van der Waals surface area contributed by atoms with Crippen LogP contribution < -0.4 is 4.74 Å². The molecule has 2 rings (SSSR count). The molecule has 1 aromatic carbocycles. The van der Waals surface area contributed by atoms with Crippen LogP contribution in [0.4, 0.5) is 0 Å². The fourth-order valence-corrected chi connectivity index (χ4v) is 2.80. The first-order valence-electron chi connectivity index (χ1n) is 7.01. The van der Waals surface area contributed by atoms with E-state index in [0.29, 0.717) is 24.5 Å². The predicted octanol–water partition coefficient (Wildman–Crippen LogP) is 3.73. The molecule has 1 aliphatic carbocycles. The molecule has 0 saturated heterocycles. The molecule has 2 heteroatoms. The number of benzene rings is 1. The van der Waals surface area contributed by atoms with E-state index in [0.717, 1.165) is 31.4 Å². The molecule has 0 heterocycles. The average molecular weight is 258 g/mol. The van der Waals surface area contributed by atoms with E-state index >= 15 is 0 Å². The second-order valence-corrected chi connectivity index (χ2v) is 5.31. The molecule has 0 fully saturated rings. The third-order valence-corrected chi connectivity index (χ3v) is 3.89. The Morgan fingerprint density at radius 3 is 3.05 bits per heavy atom. The lowest BCUT2D eigenvalue weighted by molar-refractivity contribution is -0.120. The van der Waals surface area contributed by atoms with E-state index in [1.165, 1.54) is 11.1 Å². The van der Waals surface area contributed by atoms with E-state index in [-0.39, 0.29) is 0 Å². The van der Waals surface area contributed by atoms with Crippen molar-refractivity contribution < 1.29 is 9.53 Å². The molecule has 0 unspecified atom stereocenters. The Hall–Kier alpha value is -1.57. The highest BCUT2D eigenvalue weighted by molar-refractivity contribution is 5.78. The zero-order valence-corrected chi connectivity index (χ0v) is 11.7. The van der Waals surface area contributed by atoms with E-state index in [1.54, 1.807) is 7.11 Å². The van der Waals surface area contributed by atoms with Crippen molar-refractivity contribution in [2.75, 3.05) is 7.11 Å². The van der Waals surface area contributed by atoms with Crippen LogP contribution in [0.3, 0.4) is 0 Å². The second-order valence-electron chi connectivity index (χ2n) is 5.31. The fraction of sp³-hybridized carbons (Fsp3) is 0.471. The van der Waals surface area contributed by atoms with Gasteiger partial charge in [0.25, 0.3) is 0 Å². The highest BCUT2D eigenvalue weighted by Crippen LogP contribution is 2.30. The number of carbonyl (C=O) groups excluding carboxylic acids is 1. The molecule has 0 N–H and O–H groups in total. The molecule has 1 aromatic rings. The fourth-order valence-electron chi connectivity index (χ4n) is 2.80. The van der Waals surface area contributed by atoms with Crippen LogP contribution in [0.5, 0.6) is 5.75 Å². The van der Waals surface area contributed by atoms with E-state index < -0.39 is 0 Å². The summed E-state index contributed by atoms with van der Waals surface area (Å²) in [6.45, 7) is 3.66. The first-order chi connectivity index (χ1) is 9.22. The zero-order chi connectivity index (χ0) is 13.7. The summed E-state index contributed by atoms with van der Waals surface area (Å²) in [6, 6.07) is 6.30. The summed E-state index contributed by atoms with van der Waals surface area (Å²) >= 11 is 0. The summed E-state index contributed by atoms with van der Waals surface area (Å²) in [5.41, 5.74) is 2.77. The third-order valence-electron chi connectivity index (χ3n) is 3.89. The number of ketones is 1. The van der Waals surface area contributed by atoms with Gasteiger partial charge in [-0.25, -0.2) is 0 Å². The molecule has 0 aromatic heterocycles. The van der Waals surface area contributed by atoms with Crippen LogP contribution in [0, 0.1) is 5.92 Å². The Balaban J connectivity index is 1.96. The van der Waals surface area contributed by atoms with Gasteiger partial charge in [-0.15, -0.1) is 6.58 Å². The highest BCUT2D eigenvalue weighted by atomic mass is 16.5. The number of ether oxygens (including phenoxy) is 1. The quantitative estimate of drug-likeness (QED) is 0.727. The van der Waals surface area contributed by atoms with Crippen molar-refractivity contribution in [2.24, 2.45) is 5.92 Å². The van der Waals surface area contributed by atoms with Crippen molar-refractivity contribution in [3.8, 4) is 5.75 Å². The molecule has 1 aliphatic rings. The lowest BCUT2D eigenvalue weighted by atomic mass is 9.81. The normalized spacial score (nSPS) is 17.6. The van der Waals surface area contributed by atoms with Crippen molar-refractivity contribution >= 4 is 5.78 Å². The summed E-state index contributed by atoms with van der Waals surface area (Å²) in [4.78, 5) is 11.8. The third kappa shape index (κ3) is 3.69. The number of carbonyl (C=O) groups is 1. The van der Waals surface area contributed by atoms with E-state index in [4.69, 9.17) is 4.74 Å². The minimum absolute atomic E-state index is 0.372. The molecular formula is C17H22O2. The number of hydrogen-bond acceptors (Lipinski definition) is 2.